The van der Waals surface area contributed by atoms with Crippen LogP contribution in [-0.2, 0) is 16.1 Å². The summed E-state index contributed by atoms with van der Waals surface area (Å²) in [6.07, 6.45) is 0. The van der Waals surface area contributed by atoms with Crippen molar-refractivity contribution < 1.29 is 14.3 Å². The summed E-state index contributed by atoms with van der Waals surface area (Å²) < 4.78 is 5.85. The fourth-order valence-electron chi connectivity index (χ4n) is 2.18. The molecular weight excluding hydrogens is 348 g/mol. The average Bonchev–Trinajstić information content (AvgIpc) is 3.02. The van der Waals surface area contributed by atoms with Crippen LogP contribution in [0.5, 0.6) is 0 Å². The molecule has 1 N–H and O–H groups in total. The van der Waals surface area contributed by atoms with Crippen LogP contribution in [-0.4, -0.2) is 37.0 Å². The summed E-state index contributed by atoms with van der Waals surface area (Å²) in [5.41, 5.74) is 1.07. The molecule has 5 nitrogen and oxygen atoms in total. The molecule has 24 heavy (non-hydrogen) atoms. The Morgan fingerprint density at radius 1 is 1.25 bits per heavy atom. The van der Waals surface area contributed by atoms with Gasteiger partial charge in [0.2, 0.25) is 0 Å². The molecule has 0 saturated carbocycles. The van der Waals surface area contributed by atoms with Crippen molar-refractivity contribution in [1.82, 2.24) is 4.90 Å². The van der Waals surface area contributed by atoms with Crippen LogP contribution in [0.4, 0.5) is 5.69 Å². The average molecular weight is 367 g/mol. The smallest absolute Gasteiger partial charge is 0.340 e. The van der Waals surface area contributed by atoms with Gasteiger partial charge in [-0.2, -0.15) is 0 Å². The third-order valence-corrected chi connectivity index (χ3v) is 4.67. The molecule has 1 heterocycles. The molecule has 0 atom stereocenters. The van der Waals surface area contributed by atoms with Gasteiger partial charge in [-0.15, -0.1) is 11.3 Å². The lowest BCUT2D eigenvalue weighted by Crippen LogP contribution is -2.33. The van der Waals surface area contributed by atoms with Crippen LogP contribution in [0.15, 0.2) is 36.4 Å². The molecule has 1 aromatic heterocycles. The number of esters is 1. The van der Waals surface area contributed by atoms with Gasteiger partial charge in [-0.05, 0) is 31.2 Å². The molecule has 7 heteroatoms. The topological polar surface area (TPSA) is 58.6 Å². The highest BCUT2D eigenvalue weighted by Gasteiger charge is 2.17. The van der Waals surface area contributed by atoms with Crippen LogP contribution in [0.25, 0.3) is 0 Å². The monoisotopic (exact) mass is 366 g/mol. The maximum Gasteiger partial charge on any atom is 0.340 e. The number of anilines is 1. The summed E-state index contributed by atoms with van der Waals surface area (Å²) >= 11 is 7.34. The van der Waals surface area contributed by atoms with E-state index in [1.807, 2.05) is 19.1 Å². The number of carbonyl (C=O) groups excluding carboxylic acids is 2. The van der Waals surface area contributed by atoms with Gasteiger partial charge in [0.05, 0.1) is 16.4 Å². The van der Waals surface area contributed by atoms with Gasteiger partial charge in [0.25, 0.3) is 5.91 Å². The number of benzene rings is 1. The first kappa shape index (κ1) is 18.3. The second-order valence-corrected chi connectivity index (χ2v) is 6.79. The van der Waals surface area contributed by atoms with E-state index in [9.17, 15) is 9.59 Å². The lowest BCUT2D eigenvalue weighted by atomic mass is 10.2. The molecule has 0 aliphatic carbocycles. The number of carbonyl (C=O) groups is 2. The minimum Gasteiger partial charge on any atom is -0.452 e. The second kappa shape index (κ2) is 8.70. The molecule has 0 aliphatic heterocycles. The van der Waals surface area contributed by atoms with Gasteiger partial charge >= 0.3 is 5.97 Å². The van der Waals surface area contributed by atoms with Crippen LogP contribution >= 0.6 is 22.9 Å². The largest absolute Gasteiger partial charge is 0.452 e. The summed E-state index contributed by atoms with van der Waals surface area (Å²) in [5.74, 6) is -0.763. The zero-order valence-corrected chi connectivity index (χ0v) is 15.1. The molecule has 2 aromatic rings. The summed E-state index contributed by atoms with van der Waals surface area (Å²) in [6.45, 7) is 2.57. The predicted octanol–water partition coefficient (Wildman–Crippen LogP) is 3.65. The maximum atomic E-state index is 12.3. The van der Waals surface area contributed by atoms with Crippen molar-refractivity contribution in [3.05, 3.63) is 51.2 Å². The van der Waals surface area contributed by atoms with Crippen molar-refractivity contribution in [2.45, 2.75) is 13.5 Å². The predicted molar refractivity (Wildman–Crippen MR) is 96.7 cm³/mol. The van der Waals surface area contributed by atoms with Crippen molar-refractivity contribution >= 4 is 40.5 Å². The zero-order valence-electron chi connectivity index (χ0n) is 13.5. The van der Waals surface area contributed by atoms with Crippen molar-refractivity contribution in [1.29, 1.82) is 0 Å². The molecule has 0 unspecified atom stereocenters. The Labute approximate surface area is 150 Å². The number of amides is 1. The van der Waals surface area contributed by atoms with Crippen LogP contribution in [0.1, 0.15) is 22.2 Å². The highest BCUT2D eigenvalue weighted by atomic mass is 35.5. The second-order valence-electron chi connectivity index (χ2n) is 4.99. The summed E-state index contributed by atoms with van der Waals surface area (Å²) in [6, 6.07) is 10.7. The van der Waals surface area contributed by atoms with E-state index in [2.05, 4.69) is 5.32 Å². The number of hydrogen-bond acceptors (Lipinski definition) is 5. The molecule has 0 aliphatic rings. The van der Waals surface area contributed by atoms with Crippen LogP contribution in [0.3, 0.4) is 0 Å². The number of likely N-dealkylation sites (N-methyl/N-ethyl adjacent to an activating group) is 1. The van der Waals surface area contributed by atoms with E-state index in [0.717, 1.165) is 4.88 Å². The van der Waals surface area contributed by atoms with E-state index < -0.39 is 5.97 Å². The van der Waals surface area contributed by atoms with E-state index in [0.29, 0.717) is 28.7 Å². The number of thiophene rings is 1. The number of para-hydroxylation sites is 1. The third-order valence-electron chi connectivity index (χ3n) is 3.45. The van der Waals surface area contributed by atoms with Gasteiger partial charge < -0.3 is 15.0 Å². The third kappa shape index (κ3) is 4.72. The first-order valence-corrected chi connectivity index (χ1v) is 8.70. The van der Waals surface area contributed by atoms with Crippen molar-refractivity contribution in [2.75, 3.05) is 25.5 Å². The normalized spacial score (nSPS) is 10.3. The van der Waals surface area contributed by atoms with Crippen LogP contribution in [0, 0.1) is 0 Å². The minimum atomic E-state index is -0.525. The summed E-state index contributed by atoms with van der Waals surface area (Å²) in [7, 11) is 1.72. The van der Waals surface area contributed by atoms with E-state index in [1.54, 1.807) is 36.2 Å². The van der Waals surface area contributed by atoms with Gasteiger partial charge in [-0.25, -0.2) is 4.79 Å². The lowest BCUT2D eigenvalue weighted by molar-refractivity contribution is -0.134. The van der Waals surface area contributed by atoms with E-state index in [-0.39, 0.29) is 12.5 Å². The molecule has 0 bridgehead atoms. The molecule has 0 spiro atoms. The quantitative estimate of drug-likeness (QED) is 0.760. The number of rotatable bonds is 7. The van der Waals surface area contributed by atoms with Gasteiger partial charge in [-0.3, -0.25) is 4.79 Å². The minimum absolute atomic E-state index is 0.239. The van der Waals surface area contributed by atoms with Crippen LogP contribution in [0.2, 0.25) is 4.34 Å². The molecule has 0 radical (unpaired) electrons. The Bertz CT molecular complexity index is 717. The fourth-order valence-corrected chi connectivity index (χ4v) is 3.28. The van der Waals surface area contributed by atoms with E-state index in [1.165, 1.54) is 11.3 Å². The summed E-state index contributed by atoms with van der Waals surface area (Å²) in [5, 5.41) is 2.93. The molecule has 1 aromatic carbocycles. The van der Waals surface area contributed by atoms with Crippen molar-refractivity contribution in [3.8, 4) is 0 Å². The van der Waals surface area contributed by atoms with Gasteiger partial charge in [0.15, 0.2) is 6.61 Å². The first-order chi connectivity index (χ1) is 11.5. The molecule has 0 saturated heterocycles. The number of nitrogens with one attached hydrogen (secondary N) is 1. The fraction of sp³-hybridized carbons (Fsp3) is 0.294. The molecule has 0 fully saturated rings. The van der Waals surface area contributed by atoms with Gasteiger partial charge in [-0.1, -0.05) is 23.7 Å². The highest BCUT2D eigenvalue weighted by Crippen LogP contribution is 2.22. The van der Waals surface area contributed by atoms with Gasteiger partial charge in [0, 0.05) is 24.2 Å². The molecular formula is C17H19ClN2O3S. The number of hydrogen-bond donors (Lipinski definition) is 1. The van der Waals surface area contributed by atoms with Crippen molar-refractivity contribution in [2.24, 2.45) is 0 Å². The first-order valence-electron chi connectivity index (χ1n) is 7.51. The summed E-state index contributed by atoms with van der Waals surface area (Å²) in [4.78, 5) is 27.0. The number of ether oxygens (including phenoxy) is 1. The van der Waals surface area contributed by atoms with Gasteiger partial charge in [0.1, 0.15) is 0 Å². The Morgan fingerprint density at radius 2 is 2.00 bits per heavy atom. The Kier molecular flexibility index (Phi) is 6.63. The Morgan fingerprint density at radius 3 is 2.62 bits per heavy atom. The maximum absolute atomic E-state index is 12.3. The SMILES string of the molecule is CCN(Cc1ccc(Cl)s1)C(=O)COC(=O)c1ccccc1NC. The van der Waals surface area contributed by atoms with E-state index >= 15 is 0 Å². The Hall–Kier alpha value is -2.05. The lowest BCUT2D eigenvalue weighted by Gasteiger charge is -2.20. The molecule has 128 valence electrons. The number of nitrogens with zero attached hydrogens (tertiary/aromatic N) is 1. The number of halogens is 1. The van der Waals surface area contributed by atoms with Crippen molar-refractivity contribution in [3.63, 3.8) is 0 Å². The van der Waals surface area contributed by atoms with E-state index in [4.69, 9.17) is 16.3 Å². The molecule has 1 amide bonds. The highest BCUT2D eigenvalue weighted by molar-refractivity contribution is 7.16. The standard InChI is InChI=1S/C17H19ClN2O3S/c1-3-20(10-12-8-9-15(18)24-12)16(21)11-23-17(22)13-6-4-5-7-14(13)19-2/h4-9,19H,3,10-11H2,1-2H3. The van der Waals surface area contributed by atoms with Crippen LogP contribution < -0.4 is 5.32 Å². The Balaban J connectivity index is 1.94. The molecule has 2 rings (SSSR count). The zero-order chi connectivity index (χ0) is 17.5.